The number of ether oxygens (including phenoxy) is 2. The molecule has 21 heavy (non-hydrogen) atoms. The average Bonchev–Trinajstić information content (AvgIpc) is 2.48. The summed E-state index contributed by atoms with van der Waals surface area (Å²) in [5, 5.41) is 0. The first-order valence-corrected chi connectivity index (χ1v) is 8.16. The summed E-state index contributed by atoms with van der Waals surface area (Å²) in [6.45, 7) is 1.14. The highest BCUT2D eigenvalue weighted by molar-refractivity contribution is 14.1. The maximum Gasteiger partial charge on any atom is 0.307 e. The second-order valence-corrected chi connectivity index (χ2v) is 6.31. The molecule has 0 saturated carbocycles. The number of rotatable bonds is 7. The Labute approximate surface area is 146 Å². The van der Waals surface area contributed by atoms with Crippen molar-refractivity contribution in [3.63, 3.8) is 0 Å². The van der Waals surface area contributed by atoms with Crippen molar-refractivity contribution in [2.75, 3.05) is 33.9 Å². The predicted molar refractivity (Wildman–Crippen MR) is 91.3 cm³/mol. The Bertz CT molecular complexity index is 510. The largest absolute Gasteiger partial charge is 0.469 e. The molecule has 0 N–H and O–H groups in total. The van der Waals surface area contributed by atoms with E-state index in [1.807, 2.05) is 12.1 Å². The zero-order valence-electron chi connectivity index (χ0n) is 11.9. The van der Waals surface area contributed by atoms with E-state index >= 15 is 0 Å². The molecule has 1 amide bonds. The fraction of sp³-hybridized carbons (Fsp3) is 0.429. The van der Waals surface area contributed by atoms with E-state index in [9.17, 15) is 9.59 Å². The van der Waals surface area contributed by atoms with Crippen LogP contribution in [0.3, 0.4) is 0 Å². The minimum atomic E-state index is -0.339. The van der Waals surface area contributed by atoms with Crippen molar-refractivity contribution in [3.8, 4) is 0 Å². The lowest BCUT2D eigenvalue weighted by atomic mass is 10.2. The SMILES string of the molecule is COCCN(CCC(=O)OC)C(=O)c1cc(Br)ccc1I. The third-order valence-electron chi connectivity index (χ3n) is 2.82. The molecule has 116 valence electrons. The molecule has 1 aromatic rings. The second-order valence-electron chi connectivity index (χ2n) is 4.24. The van der Waals surface area contributed by atoms with Crippen molar-refractivity contribution in [1.29, 1.82) is 0 Å². The molecule has 5 nitrogen and oxygen atoms in total. The van der Waals surface area contributed by atoms with Gasteiger partial charge in [-0.2, -0.15) is 0 Å². The topological polar surface area (TPSA) is 55.8 Å². The number of carbonyl (C=O) groups excluding carboxylic acids is 2. The van der Waals surface area contributed by atoms with Crippen LogP contribution in [0.15, 0.2) is 22.7 Å². The number of amides is 1. The molecule has 0 fully saturated rings. The highest BCUT2D eigenvalue weighted by Crippen LogP contribution is 2.20. The summed E-state index contributed by atoms with van der Waals surface area (Å²) < 4.78 is 11.3. The molecule has 0 radical (unpaired) electrons. The number of hydrogen-bond acceptors (Lipinski definition) is 4. The van der Waals surface area contributed by atoms with Crippen LogP contribution in [0.2, 0.25) is 0 Å². The number of esters is 1. The Morgan fingerprint density at radius 1 is 1.29 bits per heavy atom. The Hall–Kier alpha value is -0.670. The van der Waals surface area contributed by atoms with Gasteiger partial charge in [-0.1, -0.05) is 15.9 Å². The van der Waals surface area contributed by atoms with Crippen LogP contribution >= 0.6 is 38.5 Å². The fourth-order valence-electron chi connectivity index (χ4n) is 1.68. The molecule has 1 aromatic carbocycles. The molecule has 0 aliphatic rings. The summed E-state index contributed by atoms with van der Waals surface area (Å²) in [4.78, 5) is 25.5. The van der Waals surface area contributed by atoms with Gasteiger partial charge in [-0.3, -0.25) is 9.59 Å². The van der Waals surface area contributed by atoms with Gasteiger partial charge in [-0.05, 0) is 40.8 Å². The van der Waals surface area contributed by atoms with E-state index in [1.165, 1.54) is 7.11 Å². The van der Waals surface area contributed by atoms with Gasteiger partial charge in [0.2, 0.25) is 0 Å². The van der Waals surface area contributed by atoms with E-state index in [-0.39, 0.29) is 18.3 Å². The quantitative estimate of drug-likeness (QED) is 0.455. The van der Waals surface area contributed by atoms with E-state index in [0.717, 1.165) is 8.04 Å². The van der Waals surface area contributed by atoms with Gasteiger partial charge in [-0.25, -0.2) is 0 Å². The number of methoxy groups -OCH3 is 2. The molecule has 0 aliphatic heterocycles. The summed E-state index contributed by atoms with van der Waals surface area (Å²) in [6, 6.07) is 5.53. The third kappa shape index (κ3) is 5.91. The molecule has 7 heteroatoms. The highest BCUT2D eigenvalue weighted by atomic mass is 127. The van der Waals surface area contributed by atoms with Crippen LogP contribution in [0.5, 0.6) is 0 Å². The molecule has 0 heterocycles. The van der Waals surface area contributed by atoms with E-state index in [2.05, 4.69) is 43.3 Å². The third-order valence-corrected chi connectivity index (χ3v) is 4.26. The van der Waals surface area contributed by atoms with Crippen LogP contribution in [-0.2, 0) is 14.3 Å². The van der Waals surface area contributed by atoms with Crippen molar-refractivity contribution in [2.24, 2.45) is 0 Å². The summed E-state index contributed by atoms with van der Waals surface area (Å²) in [5.74, 6) is -0.462. The van der Waals surface area contributed by atoms with Crippen LogP contribution in [0.1, 0.15) is 16.8 Å². The molecule has 1 rings (SSSR count). The van der Waals surface area contributed by atoms with Crippen molar-refractivity contribution in [2.45, 2.75) is 6.42 Å². The summed E-state index contributed by atoms with van der Waals surface area (Å²) in [6.07, 6.45) is 0.163. The number of halogens is 2. The minimum absolute atomic E-state index is 0.123. The van der Waals surface area contributed by atoms with Gasteiger partial charge in [0, 0.05) is 28.2 Å². The number of nitrogens with zero attached hydrogens (tertiary/aromatic N) is 1. The standard InChI is InChI=1S/C14H17BrINO4/c1-20-8-7-17(6-5-13(18)21-2)14(19)11-9-10(15)3-4-12(11)16/h3-4,9H,5-8H2,1-2H3. The first-order valence-electron chi connectivity index (χ1n) is 6.29. The van der Waals surface area contributed by atoms with Crippen molar-refractivity contribution < 1.29 is 19.1 Å². The molecule has 0 saturated heterocycles. The van der Waals surface area contributed by atoms with Crippen LogP contribution < -0.4 is 0 Å². The van der Waals surface area contributed by atoms with Gasteiger partial charge in [-0.15, -0.1) is 0 Å². The maximum absolute atomic E-state index is 12.6. The lowest BCUT2D eigenvalue weighted by molar-refractivity contribution is -0.140. The highest BCUT2D eigenvalue weighted by Gasteiger charge is 2.19. The maximum atomic E-state index is 12.6. The first kappa shape index (κ1) is 18.4. The lowest BCUT2D eigenvalue weighted by Crippen LogP contribution is -2.36. The van der Waals surface area contributed by atoms with Crippen LogP contribution in [0, 0.1) is 3.57 Å². The first-order chi connectivity index (χ1) is 9.99. The van der Waals surface area contributed by atoms with Gasteiger partial charge in [0.05, 0.1) is 25.7 Å². The zero-order valence-corrected chi connectivity index (χ0v) is 15.6. The summed E-state index contributed by atoms with van der Waals surface area (Å²) >= 11 is 5.49. The Morgan fingerprint density at radius 3 is 2.62 bits per heavy atom. The molecule has 0 bridgehead atoms. The van der Waals surface area contributed by atoms with Gasteiger partial charge >= 0.3 is 5.97 Å². The molecule has 0 atom stereocenters. The van der Waals surface area contributed by atoms with Crippen LogP contribution in [0.4, 0.5) is 0 Å². The van der Waals surface area contributed by atoms with E-state index in [1.54, 1.807) is 18.1 Å². The zero-order chi connectivity index (χ0) is 15.8. The Kier molecular flexibility index (Phi) is 8.20. The number of hydrogen-bond donors (Lipinski definition) is 0. The van der Waals surface area contributed by atoms with Gasteiger partial charge in [0.25, 0.3) is 5.91 Å². The Morgan fingerprint density at radius 2 is 2.00 bits per heavy atom. The molecule has 0 aromatic heterocycles. The molecule has 0 unspecified atom stereocenters. The predicted octanol–water partition coefficient (Wildman–Crippen LogP) is 2.71. The normalized spacial score (nSPS) is 10.3. The molecular weight excluding hydrogens is 453 g/mol. The van der Waals surface area contributed by atoms with Crippen molar-refractivity contribution in [3.05, 3.63) is 31.8 Å². The second kappa shape index (κ2) is 9.37. The van der Waals surface area contributed by atoms with E-state index in [0.29, 0.717) is 25.3 Å². The minimum Gasteiger partial charge on any atom is -0.469 e. The van der Waals surface area contributed by atoms with Crippen molar-refractivity contribution in [1.82, 2.24) is 4.90 Å². The lowest BCUT2D eigenvalue weighted by Gasteiger charge is -2.22. The monoisotopic (exact) mass is 469 g/mol. The fourth-order valence-corrected chi connectivity index (χ4v) is 2.60. The molecule has 0 aliphatic carbocycles. The Balaban J connectivity index is 2.87. The van der Waals surface area contributed by atoms with Gasteiger partial charge < -0.3 is 14.4 Å². The molecule has 0 spiro atoms. The van der Waals surface area contributed by atoms with Crippen molar-refractivity contribution >= 4 is 50.4 Å². The smallest absolute Gasteiger partial charge is 0.307 e. The van der Waals surface area contributed by atoms with E-state index in [4.69, 9.17) is 4.74 Å². The van der Waals surface area contributed by atoms with Crippen LogP contribution in [0.25, 0.3) is 0 Å². The van der Waals surface area contributed by atoms with Gasteiger partial charge in [0.15, 0.2) is 0 Å². The average molecular weight is 470 g/mol. The van der Waals surface area contributed by atoms with Crippen LogP contribution in [-0.4, -0.2) is 50.7 Å². The van der Waals surface area contributed by atoms with Gasteiger partial charge in [0.1, 0.15) is 0 Å². The number of carbonyl (C=O) groups is 2. The summed E-state index contributed by atoms with van der Waals surface area (Å²) in [7, 11) is 2.91. The van der Waals surface area contributed by atoms with E-state index < -0.39 is 0 Å². The summed E-state index contributed by atoms with van der Waals surface area (Å²) in [5.41, 5.74) is 0.603. The number of benzene rings is 1. The molecular formula is C14H17BrINO4.